The van der Waals surface area contributed by atoms with Crippen LogP contribution in [-0.2, 0) is 4.74 Å². The maximum Gasteiger partial charge on any atom is 0.119 e. The van der Waals surface area contributed by atoms with Crippen LogP contribution in [0.5, 0.6) is 5.75 Å². The highest BCUT2D eigenvalue weighted by Crippen LogP contribution is 2.29. The molecular weight excluding hydrogens is 228 g/mol. The predicted molar refractivity (Wildman–Crippen MR) is 70.7 cm³/mol. The zero-order chi connectivity index (χ0) is 12.5. The Hall–Kier alpha value is -1.26. The molecule has 3 atom stereocenters. The lowest BCUT2D eigenvalue weighted by molar-refractivity contribution is -0.0879. The lowest BCUT2D eigenvalue weighted by Gasteiger charge is -2.46. The van der Waals surface area contributed by atoms with Crippen molar-refractivity contribution < 1.29 is 9.47 Å². The van der Waals surface area contributed by atoms with Crippen LogP contribution in [0.2, 0.25) is 0 Å². The SMILES string of the molecule is CN1[C@@H]2COC[C@H]1CC(Oc1ccc(N)cc1)C2. The molecule has 2 aliphatic rings. The van der Waals surface area contributed by atoms with Crippen molar-refractivity contribution in [3.8, 4) is 5.75 Å². The van der Waals surface area contributed by atoms with Crippen LogP contribution in [0, 0.1) is 0 Å². The van der Waals surface area contributed by atoms with E-state index in [9.17, 15) is 0 Å². The molecule has 4 heteroatoms. The van der Waals surface area contributed by atoms with E-state index in [4.69, 9.17) is 15.2 Å². The van der Waals surface area contributed by atoms with E-state index in [1.54, 1.807) is 0 Å². The Morgan fingerprint density at radius 3 is 2.39 bits per heavy atom. The lowest BCUT2D eigenvalue weighted by atomic mass is 9.92. The van der Waals surface area contributed by atoms with E-state index >= 15 is 0 Å². The largest absolute Gasteiger partial charge is 0.490 e. The Bertz CT molecular complexity index is 393. The molecule has 2 aliphatic heterocycles. The molecule has 2 N–H and O–H groups in total. The Balaban J connectivity index is 1.66. The van der Waals surface area contributed by atoms with Gasteiger partial charge < -0.3 is 15.2 Å². The summed E-state index contributed by atoms with van der Waals surface area (Å²) in [7, 11) is 2.19. The topological polar surface area (TPSA) is 47.7 Å². The van der Waals surface area contributed by atoms with Gasteiger partial charge in [-0.2, -0.15) is 0 Å². The summed E-state index contributed by atoms with van der Waals surface area (Å²) in [6.07, 6.45) is 2.37. The Labute approximate surface area is 108 Å². The van der Waals surface area contributed by atoms with Crippen LogP contribution in [0.25, 0.3) is 0 Å². The summed E-state index contributed by atoms with van der Waals surface area (Å²) < 4.78 is 11.7. The average Bonchev–Trinajstić information content (AvgIpc) is 2.33. The van der Waals surface area contributed by atoms with Gasteiger partial charge in [0.15, 0.2) is 0 Å². The number of hydrogen-bond donors (Lipinski definition) is 1. The van der Waals surface area contributed by atoms with Gasteiger partial charge in [0.1, 0.15) is 11.9 Å². The highest BCUT2D eigenvalue weighted by Gasteiger charge is 2.37. The van der Waals surface area contributed by atoms with E-state index in [2.05, 4.69) is 11.9 Å². The highest BCUT2D eigenvalue weighted by atomic mass is 16.5. The first kappa shape index (κ1) is 11.8. The third-order valence-electron chi connectivity index (χ3n) is 4.03. The first-order valence-electron chi connectivity index (χ1n) is 6.54. The second kappa shape index (κ2) is 4.78. The molecule has 2 fully saturated rings. The van der Waals surface area contributed by atoms with E-state index < -0.39 is 0 Å². The van der Waals surface area contributed by atoms with Gasteiger partial charge in [-0.1, -0.05) is 0 Å². The average molecular weight is 248 g/mol. The second-order valence-corrected chi connectivity index (χ2v) is 5.29. The third-order valence-corrected chi connectivity index (χ3v) is 4.03. The number of morpholine rings is 1. The van der Waals surface area contributed by atoms with Gasteiger partial charge in [-0.3, -0.25) is 4.90 Å². The van der Waals surface area contributed by atoms with E-state index in [1.165, 1.54) is 0 Å². The van der Waals surface area contributed by atoms with E-state index in [1.807, 2.05) is 24.3 Å². The molecule has 18 heavy (non-hydrogen) atoms. The van der Waals surface area contributed by atoms with Gasteiger partial charge in [-0.25, -0.2) is 0 Å². The first-order valence-corrected chi connectivity index (χ1v) is 6.54. The number of nitrogens with two attached hydrogens (primary N) is 1. The van der Waals surface area contributed by atoms with Crippen molar-refractivity contribution in [2.45, 2.75) is 31.0 Å². The zero-order valence-corrected chi connectivity index (χ0v) is 10.7. The molecule has 2 heterocycles. The molecule has 0 amide bonds. The van der Waals surface area contributed by atoms with Crippen molar-refractivity contribution in [2.75, 3.05) is 26.0 Å². The molecular formula is C14H20N2O2. The molecule has 0 spiro atoms. The number of likely N-dealkylation sites (N-methyl/N-ethyl adjacent to an activating group) is 1. The number of nitrogens with zero attached hydrogens (tertiary/aromatic N) is 1. The van der Waals surface area contributed by atoms with Gasteiger partial charge >= 0.3 is 0 Å². The Morgan fingerprint density at radius 2 is 1.78 bits per heavy atom. The molecule has 1 unspecified atom stereocenters. The van der Waals surface area contributed by atoms with Crippen LogP contribution in [0.3, 0.4) is 0 Å². The van der Waals surface area contributed by atoms with Crippen molar-refractivity contribution in [1.29, 1.82) is 0 Å². The van der Waals surface area contributed by atoms with Crippen molar-refractivity contribution in [3.63, 3.8) is 0 Å². The van der Waals surface area contributed by atoms with E-state index in [-0.39, 0.29) is 0 Å². The number of nitrogen functional groups attached to an aromatic ring is 1. The summed E-state index contributed by atoms with van der Waals surface area (Å²) in [6.45, 7) is 1.66. The summed E-state index contributed by atoms with van der Waals surface area (Å²) in [5.41, 5.74) is 6.45. The quantitative estimate of drug-likeness (QED) is 0.806. The minimum atomic E-state index is 0.295. The molecule has 1 aromatic carbocycles. The minimum Gasteiger partial charge on any atom is -0.490 e. The summed E-state index contributed by atoms with van der Waals surface area (Å²) in [5, 5.41) is 0. The monoisotopic (exact) mass is 248 g/mol. The lowest BCUT2D eigenvalue weighted by Crippen LogP contribution is -2.57. The van der Waals surface area contributed by atoms with Gasteiger partial charge in [-0.05, 0) is 31.3 Å². The van der Waals surface area contributed by atoms with Crippen LogP contribution in [-0.4, -0.2) is 43.3 Å². The van der Waals surface area contributed by atoms with Gasteiger partial charge in [0.2, 0.25) is 0 Å². The summed E-state index contributed by atoms with van der Waals surface area (Å²) in [6, 6.07) is 8.65. The van der Waals surface area contributed by atoms with Crippen LogP contribution in [0.15, 0.2) is 24.3 Å². The summed E-state index contributed by atoms with van der Waals surface area (Å²) in [5.74, 6) is 0.915. The molecule has 2 saturated heterocycles. The van der Waals surface area contributed by atoms with Gasteiger partial charge in [0.05, 0.1) is 13.2 Å². The normalized spacial score (nSPS) is 32.2. The fraction of sp³-hybridized carbons (Fsp3) is 0.571. The molecule has 0 saturated carbocycles. The number of ether oxygens (including phenoxy) is 2. The van der Waals surface area contributed by atoms with Crippen molar-refractivity contribution in [3.05, 3.63) is 24.3 Å². The molecule has 0 aliphatic carbocycles. The molecule has 0 radical (unpaired) electrons. The standard InChI is InChI=1S/C14H20N2O2/c1-16-11-6-14(7-12(16)9-17-8-11)18-13-4-2-10(15)3-5-13/h2-5,11-12,14H,6-9,15H2,1H3/t11-,12+,14?. The molecule has 3 rings (SSSR count). The fourth-order valence-corrected chi connectivity index (χ4v) is 2.88. The van der Waals surface area contributed by atoms with Crippen LogP contribution in [0.1, 0.15) is 12.8 Å². The number of benzene rings is 1. The molecule has 2 bridgehead atoms. The number of fused-ring (bicyclic) bond motifs is 2. The maximum absolute atomic E-state index is 6.06. The fourth-order valence-electron chi connectivity index (χ4n) is 2.88. The smallest absolute Gasteiger partial charge is 0.119 e. The van der Waals surface area contributed by atoms with Gasteiger partial charge in [0.25, 0.3) is 0 Å². The Morgan fingerprint density at radius 1 is 1.17 bits per heavy atom. The number of piperidine rings is 1. The summed E-state index contributed by atoms with van der Waals surface area (Å²) >= 11 is 0. The number of rotatable bonds is 2. The second-order valence-electron chi connectivity index (χ2n) is 5.29. The molecule has 0 aromatic heterocycles. The minimum absolute atomic E-state index is 0.295. The number of hydrogen-bond acceptors (Lipinski definition) is 4. The van der Waals surface area contributed by atoms with Crippen molar-refractivity contribution in [2.24, 2.45) is 0 Å². The Kier molecular flexibility index (Phi) is 3.14. The number of anilines is 1. The highest BCUT2D eigenvalue weighted by molar-refractivity contribution is 5.41. The van der Waals surface area contributed by atoms with Crippen molar-refractivity contribution in [1.82, 2.24) is 4.90 Å². The molecule has 1 aromatic rings. The predicted octanol–water partition coefficient (Wildman–Crippen LogP) is 1.51. The molecule has 4 nitrogen and oxygen atoms in total. The zero-order valence-electron chi connectivity index (χ0n) is 10.7. The van der Waals surface area contributed by atoms with Crippen LogP contribution >= 0.6 is 0 Å². The van der Waals surface area contributed by atoms with Crippen LogP contribution in [0.4, 0.5) is 5.69 Å². The van der Waals surface area contributed by atoms with Gasteiger partial charge in [0, 0.05) is 30.6 Å². The third kappa shape index (κ3) is 2.31. The van der Waals surface area contributed by atoms with Gasteiger partial charge in [-0.15, -0.1) is 0 Å². The van der Waals surface area contributed by atoms with Crippen LogP contribution < -0.4 is 10.5 Å². The maximum atomic E-state index is 6.06. The summed E-state index contributed by atoms with van der Waals surface area (Å²) in [4.78, 5) is 2.44. The first-order chi connectivity index (χ1) is 8.72. The van der Waals surface area contributed by atoms with Crippen molar-refractivity contribution >= 4 is 5.69 Å². The van der Waals surface area contributed by atoms with E-state index in [0.29, 0.717) is 18.2 Å². The molecule has 98 valence electrons. The van der Waals surface area contributed by atoms with E-state index in [0.717, 1.165) is 37.5 Å².